The standard InChI is InChI=1S/C23H21BrFN5O6/c1-23(2,3)34-21(31)26-17(13-7-5-4-6-8-13)12-33-20-18(27-36-29-20)19-28-35-22(32)30(19)14-9-10-16(25)15(24)11-14/h4-11,17H,12H2,1-3H3,(H,26,31). The molecule has 1 atom stereocenters. The maximum absolute atomic E-state index is 13.7. The molecule has 0 fully saturated rings. The maximum atomic E-state index is 13.7. The molecule has 0 radical (unpaired) electrons. The molecule has 0 saturated heterocycles. The Labute approximate surface area is 212 Å². The Morgan fingerprint density at radius 3 is 2.61 bits per heavy atom. The predicted molar refractivity (Wildman–Crippen MR) is 127 cm³/mol. The third kappa shape index (κ3) is 5.79. The van der Waals surface area contributed by atoms with Gasteiger partial charge in [-0.05, 0) is 70.8 Å². The molecule has 1 N–H and O–H groups in total. The van der Waals surface area contributed by atoms with Gasteiger partial charge in [-0.3, -0.25) is 4.52 Å². The van der Waals surface area contributed by atoms with Gasteiger partial charge in [0.25, 0.3) is 5.88 Å². The third-order valence-electron chi connectivity index (χ3n) is 4.72. The number of carbonyl (C=O) groups excluding carboxylic acids is 1. The monoisotopic (exact) mass is 561 g/mol. The van der Waals surface area contributed by atoms with Crippen LogP contribution in [0.5, 0.6) is 5.88 Å². The molecule has 11 nitrogen and oxygen atoms in total. The van der Waals surface area contributed by atoms with E-state index in [2.05, 4.69) is 36.7 Å². The topological polar surface area (TPSA) is 135 Å². The van der Waals surface area contributed by atoms with Gasteiger partial charge in [0.05, 0.1) is 16.2 Å². The Bertz CT molecular complexity index is 1410. The number of ether oxygens (including phenoxy) is 2. The van der Waals surface area contributed by atoms with Gasteiger partial charge >= 0.3 is 11.8 Å². The summed E-state index contributed by atoms with van der Waals surface area (Å²) in [6.45, 7) is 5.18. The molecule has 0 aliphatic heterocycles. The molecule has 1 amide bonds. The van der Waals surface area contributed by atoms with E-state index >= 15 is 0 Å². The molecule has 0 aliphatic rings. The molecule has 0 aliphatic carbocycles. The van der Waals surface area contributed by atoms with E-state index in [0.29, 0.717) is 0 Å². The Kier molecular flexibility index (Phi) is 7.20. The number of alkyl carbamates (subject to hydrolysis) is 1. The lowest BCUT2D eigenvalue weighted by molar-refractivity contribution is 0.0485. The number of halogens is 2. The average molecular weight is 562 g/mol. The predicted octanol–water partition coefficient (Wildman–Crippen LogP) is 4.42. The van der Waals surface area contributed by atoms with E-state index < -0.39 is 29.3 Å². The lowest BCUT2D eigenvalue weighted by Crippen LogP contribution is -2.37. The Morgan fingerprint density at radius 1 is 1.17 bits per heavy atom. The van der Waals surface area contributed by atoms with Gasteiger partial charge in [0, 0.05) is 0 Å². The van der Waals surface area contributed by atoms with E-state index in [1.54, 1.807) is 20.8 Å². The van der Waals surface area contributed by atoms with Crippen LogP contribution in [0.3, 0.4) is 0 Å². The van der Waals surface area contributed by atoms with Crippen LogP contribution in [-0.4, -0.2) is 38.3 Å². The van der Waals surface area contributed by atoms with Crippen molar-refractivity contribution in [1.29, 1.82) is 0 Å². The minimum atomic E-state index is -0.841. The first-order chi connectivity index (χ1) is 17.1. The molecule has 2 aromatic heterocycles. The zero-order chi connectivity index (χ0) is 25.9. The van der Waals surface area contributed by atoms with Gasteiger partial charge in [-0.15, -0.1) is 0 Å². The van der Waals surface area contributed by atoms with Gasteiger partial charge in [0.2, 0.25) is 11.5 Å². The number of hydrogen-bond donors (Lipinski definition) is 1. The van der Waals surface area contributed by atoms with Crippen molar-refractivity contribution in [3.05, 3.63) is 74.9 Å². The highest BCUT2D eigenvalue weighted by atomic mass is 79.9. The Balaban J connectivity index is 1.60. The number of amides is 1. The van der Waals surface area contributed by atoms with E-state index in [4.69, 9.17) is 18.6 Å². The van der Waals surface area contributed by atoms with Gasteiger partial charge < -0.3 is 14.8 Å². The fourth-order valence-corrected chi connectivity index (χ4v) is 3.55. The summed E-state index contributed by atoms with van der Waals surface area (Å²) in [5.41, 5.74) is 0.273. The lowest BCUT2D eigenvalue weighted by Gasteiger charge is -2.23. The van der Waals surface area contributed by atoms with Gasteiger partial charge in [-0.1, -0.05) is 35.5 Å². The highest BCUT2D eigenvalue weighted by Crippen LogP contribution is 2.28. The molecule has 188 valence electrons. The summed E-state index contributed by atoms with van der Waals surface area (Å²) in [6.07, 6.45) is -0.634. The molecular formula is C23H21BrFN5O6. The highest BCUT2D eigenvalue weighted by Gasteiger charge is 2.26. The Hall–Kier alpha value is -4.00. The highest BCUT2D eigenvalue weighted by molar-refractivity contribution is 9.10. The van der Waals surface area contributed by atoms with Crippen molar-refractivity contribution in [3.63, 3.8) is 0 Å². The molecular weight excluding hydrogens is 541 g/mol. The normalized spacial score (nSPS) is 12.2. The maximum Gasteiger partial charge on any atom is 0.446 e. The first-order valence-corrected chi connectivity index (χ1v) is 11.5. The van der Waals surface area contributed by atoms with Crippen LogP contribution in [0, 0.1) is 5.82 Å². The van der Waals surface area contributed by atoms with Crippen molar-refractivity contribution >= 4 is 22.0 Å². The molecule has 4 aromatic rings. The SMILES string of the molecule is CC(C)(C)OC(=O)NC(COc1nonc1-c1noc(=O)n1-c1ccc(F)c(Br)c1)c1ccccc1. The van der Waals surface area contributed by atoms with Crippen molar-refractivity contribution in [2.24, 2.45) is 0 Å². The number of aromatic nitrogens is 4. The number of benzene rings is 2. The van der Waals surface area contributed by atoms with Crippen molar-refractivity contribution < 1.29 is 27.8 Å². The quantitative estimate of drug-likeness (QED) is 0.347. The fourth-order valence-electron chi connectivity index (χ4n) is 3.18. The summed E-state index contributed by atoms with van der Waals surface area (Å²) in [7, 11) is 0. The fraction of sp³-hybridized carbons (Fsp3) is 0.261. The van der Waals surface area contributed by atoms with Crippen LogP contribution in [0.2, 0.25) is 0 Å². The number of carbonyl (C=O) groups is 1. The summed E-state index contributed by atoms with van der Waals surface area (Å²) < 4.78 is 35.7. The van der Waals surface area contributed by atoms with E-state index in [1.807, 2.05) is 30.3 Å². The van der Waals surface area contributed by atoms with Crippen LogP contribution in [0.1, 0.15) is 32.4 Å². The molecule has 1 unspecified atom stereocenters. The summed E-state index contributed by atoms with van der Waals surface area (Å²) in [5.74, 6) is -1.54. The van der Waals surface area contributed by atoms with Crippen molar-refractivity contribution in [2.75, 3.05) is 6.61 Å². The van der Waals surface area contributed by atoms with Crippen molar-refractivity contribution in [1.82, 2.24) is 25.4 Å². The van der Waals surface area contributed by atoms with Crippen LogP contribution in [0.4, 0.5) is 9.18 Å². The summed E-state index contributed by atoms with van der Waals surface area (Å²) in [6, 6.07) is 12.4. The number of hydrogen-bond acceptors (Lipinski definition) is 9. The second-order valence-electron chi connectivity index (χ2n) is 8.54. The van der Waals surface area contributed by atoms with Gasteiger partial charge in [0.1, 0.15) is 18.0 Å². The minimum absolute atomic E-state index is 0.0367. The smallest absolute Gasteiger partial charge is 0.446 e. The molecule has 0 saturated carbocycles. The van der Waals surface area contributed by atoms with Gasteiger partial charge in [0.15, 0.2) is 0 Å². The summed E-state index contributed by atoms with van der Waals surface area (Å²) >= 11 is 3.09. The van der Waals surface area contributed by atoms with Crippen molar-refractivity contribution in [2.45, 2.75) is 32.4 Å². The molecule has 0 spiro atoms. The van der Waals surface area contributed by atoms with Crippen LogP contribution in [0.25, 0.3) is 17.2 Å². The van der Waals surface area contributed by atoms with E-state index in [0.717, 1.165) is 10.1 Å². The molecule has 2 aromatic carbocycles. The lowest BCUT2D eigenvalue weighted by atomic mass is 10.1. The largest absolute Gasteiger partial charge is 0.471 e. The van der Waals surface area contributed by atoms with E-state index in [1.165, 1.54) is 18.2 Å². The number of rotatable bonds is 7. The van der Waals surface area contributed by atoms with Crippen LogP contribution in [-0.2, 0) is 4.74 Å². The average Bonchev–Trinajstić information content (AvgIpc) is 3.44. The zero-order valence-electron chi connectivity index (χ0n) is 19.4. The first-order valence-electron chi connectivity index (χ1n) is 10.7. The minimum Gasteiger partial charge on any atom is -0.471 e. The third-order valence-corrected chi connectivity index (χ3v) is 5.32. The number of nitrogens with one attached hydrogen (secondary N) is 1. The molecule has 36 heavy (non-hydrogen) atoms. The first kappa shape index (κ1) is 25.1. The van der Waals surface area contributed by atoms with Crippen LogP contribution >= 0.6 is 15.9 Å². The molecule has 4 rings (SSSR count). The van der Waals surface area contributed by atoms with E-state index in [9.17, 15) is 14.0 Å². The second kappa shape index (κ2) is 10.3. The molecule has 2 heterocycles. The zero-order valence-corrected chi connectivity index (χ0v) is 21.0. The van der Waals surface area contributed by atoms with Gasteiger partial charge in [-0.2, -0.15) is 0 Å². The van der Waals surface area contributed by atoms with Crippen molar-refractivity contribution in [3.8, 4) is 23.1 Å². The summed E-state index contributed by atoms with van der Waals surface area (Å²) in [4.78, 5) is 24.8. The van der Waals surface area contributed by atoms with Crippen LogP contribution in [0.15, 0.2) is 67.0 Å². The number of nitrogens with zero attached hydrogens (tertiary/aromatic N) is 4. The van der Waals surface area contributed by atoms with Gasteiger partial charge in [-0.25, -0.2) is 23.2 Å². The second-order valence-corrected chi connectivity index (χ2v) is 9.40. The van der Waals surface area contributed by atoms with E-state index in [-0.39, 0.29) is 34.2 Å². The summed E-state index contributed by atoms with van der Waals surface area (Å²) in [5, 5.41) is 14.1. The Morgan fingerprint density at radius 2 is 1.92 bits per heavy atom. The molecule has 13 heteroatoms. The molecule has 0 bridgehead atoms. The van der Waals surface area contributed by atoms with Crippen LogP contribution < -0.4 is 15.8 Å².